The molecule has 0 fully saturated rings. The summed E-state index contributed by atoms with van der Waals surface area (Å²) in [6, 6.07) is 1.85. The van der Waals surface area contributed by atoms with Crippen molar-refractivity contribution in [3.05, 3.63) is 16.4 Å². The molecule has 0 saturated carbocycles. The fraction of sp³-hybridized carbons (Fsp3) is 0.429. The summed E-state index contributed by atoms with van der Waals surface area (Å²) in [7, 11) is 1.82. The Labute approximate surface area is 73.5 Å². The van der Waals surface area contributed by atoms with Gasteiger partial charge in [0, 0.05) is 12.7 Å². The lowest BCUT2D eigenvalue weighted by Gasteiger charge is -2.01. The van der Waals surface area contributed by atoms with Crippen LogP contribution in [0.3, 0.4) is 0 Å². The van der Waals surface area contributed by atoms with Crippen molar-refractivity contribution in [2.45, 2.75) is 12.8 Å². The van der Waals surface area contributed by atoms with Gasteiger partial charge in [-0.05, 0) is 22.0 Å². The van der Waals surface area contributed by atoms with Gasteiger partial charge in [0.25, 0.3) is 0 Å². The highest BCUT2D eigenvalue weighted by molar-refractivity contribution is 9.10. The molecule has 0 N–H and O–H groups in total. The second-order valence-corrected chi connectivity index (χ2v) is 3.25. The summed E-state index contributed by atoms with van der Waals surface area (Å²) in [6.45, 7) is 1.84. The molecule has 0 aromatic carbocycles. The number of halogens is 1. The Morgan fingerprint density at radius 3 is 2.82 bits per heavy atom. The minimum Gasteiger partial charge on any atom is -0.303 e. The van der Waals surface area contributed by atoms with Gasteiger partial charge in [-0.15, -0.1) is 0 Å². The van der Waals surface area contributed by atoms with Gasteiger partial charge < -0.3 is 4.79 Å². The van der Waals surface area contributed by atoms with Crippen molar-refractivity contribution in [3.63, 3.8) is 0 Å². The minimum absolute atomic E-state index is 0.0844. The quantitative estimate of drug-likeness (QED) is 0.703. The second kappa shape index (κ2) is 3.17. The Morgan fingerprint density at radius 2 is 2.45 bits per heavy atom. The van der Waals surface area contributed by atoms with E-state index in [-0.39, 0.29) is 5.92 Å². The lowest BCUT2D eigenvalue weighted by atomic mass is 10.1. The van der Waals surface area contributed by atoms with E-state index in [2.05, 4.69) is 21.0 Å². The molecule has 0 aliphatic rings. The van der Waals surface area contributed by atoms with Gasteiger partial charge in [-0.3, -0.25) is 4.68 Å². The number of hydrogen-bond acceptors (Lipinski definition) is 2. The Bertz CT molecular complexity index is 269. The van der Waals surface area contributed by atoms with E-state index >= 15 is 0 Å². The van der Waals surface area contributed by atoms with Crippen LogP contribution in [0.4, 0.5) is 0 Å². The van der Waals surface area contributed by atoms with E-state index in [1.165, 1.54) is 0 Å². The summed E-state index contributed by atoms with van der Waals surface area (Å²) in [4.78, 5) is 10.4. The van der Waals surface area contributed by atoms with Crippen LogP contribution in [0.2, 0.25) is 0 Å². The summed E-state index contributed by atoms with van der Waals surface area (Å²) < 4.78 is 2.46. The summed E-state index contributed by atoms with van der Waals surface area (Å²) >= 11 is 3.23. The third-order valence-corrected chi connectivity index (χ3v) is 1.94. The Hall–Kier alpha value is -0.640. The van der Waals surface area contributed by atoms with E-state index in [0.29, 0.717) is 0 Å². The molecule has 3 nitrogen and oxygen atoms in total. The topological polar surface area (TPSA) is 34.9 Å². The van der Waals surface area contributed by atoms with Crippen molar-refractivity contribution in [2.24, 2.45) is 7.05 Å². The van der Waals surface area contributed by atoms with E-state index in [0.717, 1.165) is 16.6 Å². The van der Waals surface area contributed by atoms with Crippen molar-refractivity contribution >= 4 is 22.2 Å². The van der Waals surface area contributed by atoms with Crippen molar-refractivity contribution in [1.29, 1.82) is 0 Å². The molecule has 1 atom stereocenters. The average Bonchev–Trinajstić information content (AvgIpc) is 2.28. The molecule has 1 unspecified atom stereocenters. The number of carbonyl (C=O) groups is 1. The minimum atomic E-state index is -0.0844. The monoisotopic (exact) mass is 216 g/mol. The molecular formula is C7H9BrN2O. The largest absolute Gasteiger partial charge is 0.303 e. The van der Waals surface area contributed by atoms with Crippen molar-refractivity contribution < 1.29 is 4.79 Å². The number of aromatic nitrogens is 2. The third kappa shape index (κ3) is 1.68. The first-order valence-electron chi connectivity index (χ1n) is 3.30. The van der Waals surface area contributed by atoms with Crippen LogP contribution < -0.4 is 0 Å². The van der Waals surface area contributed by atoms with E-state index in [4.69, 9.17) is 0 Å². The van der Waals surface area contributed by atoms with Crippen molar-refractivity contribution in [2.75, 3.05) is 0 Å². The molecule has 1 aromatic rings. The van der Waals surface area contributed by atoms with Crippen molar-refractivity contribution in [1.82, 2.24) is 9.78 Å². The first-order valence-corrected chi connectivity index (χ1v) is 4.09. The van der Waals surface area contributed by atoms with E-state index in [1.54, 1.807) is 4.68 Å². The van der Waals surface area contributed by atoms with Crippen LogP contribution in [0.25, 0.3) is 0 Å². The summed E-state index contributed by atoms with van der Waals surface area (Å²) in [5, 5.41) is 4.05. The normalized spacial score (nSPS) is 13.0. The first-order chi connectivity index (χ1) is 5.15. The van der Waals surface area contributed by atoms with Gasteiger partial charge >= 0.3 is 0 Å². The number of aryl methyl sites for hydroxylation is 1. The van der Waals surface area contributed by atoms with Crippen LogP contribution in [-0.4, -0.2) is 16.1 Å². The fourth-order valence-electron chi connectivity index (χ4n) is 0.941. The molecule has 0 spiro atoms. The predicted molar refractivity (Wildman–Crippen MR) is 45.4 cm³/mol. The summed E-state index contributed by atoms with van der Waals surface area (Å²) in [5.74, 6) is -0.0844. The van der Waals surface area contributed by atoms with Gasteiger partial charge in [0.15, 0.2) is 0 Å². The third-order valence-electron chi connectivity index (χ3n) is 1.56. The van der Waals surface area contributed by atoms with Crippen LogP contribution in [0, 0.1) is 0 Å². The maximum atomic E-state index is 10.4. The Morgan fingerprint density at radius 1 is 1.82 bits per heavy atom. The zero-order valence-corrected chi connectivity index (χ0v) is 8.00. The fourth-order valence-corrected chi connectivity index (χ4v) is 1.41. The molecule has 0 aliphatic heterocycles. The highest BCUT2D eigenvalue weighted by Gasteiger charge is 2.09. The molecule has 1 aromatic heterocycles. The molecule has 0 bridgehead atoms. The zero-order chi connectivity index (χ0) is 8.43. The number of carbonyl (C=O) groups excluding carboxylic acids is 1. The number of hydrogen-bond donors (Lipinski definition) is 0. The van der Waals surface area contributed by atoms with Gasteiger partial charge in [-0.25, -0.2) is 0 Å². The van der Waals surface area contributed by atoms with E-state index in [1.807, 2.05) is 20.0 Å². The van der Waals surface area contributed by atoms with Crippen LogP contribution in [0.5, 0.6) is 0 Å². The molecule has 4 heteroatoms. The highest BCUT2D eigenvalue weighted by Crippen LogP contribution is 2.16. The van der Waals surface area contributed by atoms with E-state index < -0.39 is 0 Å². The highest BCUT2D eigenvalue weighted by atomic mass is 79.9. The lowest BCUT2D eigenvalue weighted by Crippen LogP contribution is -2.03. The molecule has 0 radical (unpaired) electrons. The maximum absolute atomic E-state index is 10.4. The van der Waals surface area contributed by atoms with Gasteiger partial charge in [-0.1, -0.05) is 6.92 Å². The lowest BCUT2D eigenvalue weighted by molar-refractivity contribution is -0.108. The van der Waals surface area contributed by atoms with Gasteiger partial charge in [0.1, 0.15) is 10.9 Å². The van der Waals surface area contributed by atoms with Crippen molar-refractivity contribution in [3.8, 4) is 0 Å². The molecule has 0 amide bonds. The molecule has 0 saturated heterocycles. The number of rotatable bonds is 2. The smallest absolute Gasteiger partial charge is 0.128 e. The summed E-state index contributed by atoms with van der Waals surface area (Å²) in [6.07, 6.45) is 0.906. The molecule has 1 heterocycles. The maximum Gasteiger partial charge on any atom is 0.128 e. The molecule has 11 heavy (non-hydrogen) atoms. The number of nitrogens with zero attached hydrogens (tertiary/aromatic N) is 2. The average molecular weight is 217 g/mol. The van der Waals surface area contributed by atoms with Crippen LogP contribution in [0.15, 0.2) is 10.7 Å². The molecular weight excluding hydrogens is 208 g/mol. The number of aldehydes is 1. The first kappa shape index (κ1) is 8.46. The summed E-state index contributed by atoms with van der Waals surface area (Å²) in [5.41, 5.74) is 0.923. The van der Waals surface area contributed by atoms with Crippen LogP contribution >= 0.6 is 15.9 Å². The van der Waals surface area contributed by atoms with Gasteiger partial charge in [0.2, 0.25) is 0 Å². The zero-order valence-electron chi connectivity index (χ0n) is 6.41. The Balaban J connectivity index is 3.02. The molecule has 1 rings (SSSR count). The van der Waals surface area contributed by atoms with Gasteiger partial charge in [-0.2, -0.15) is 5.10 Å². The standard InChI is InChI=1S/C7H9BrN2O/c1-5(4-11)6-3-7(8)9-10(6)2/h3-5H,1-2H3. The SMILES string of the molecule is CC(C=O)c1cc(Br)nn1C. The predicted octanol–water partition coefficient (Wildman–Crippen LogP) is 1.48. The van der Waals surface area contributed by atoms with Crippen LogP contribution in [0.1, 0.15) is 18.5 Å². The molecule has 60 valence electrons. The van der Waals surface area contributed by atoms with E-state index in [9.17, 15) is 4.79 Å². The second-order valence-electron chi connectivity index (χ2n) is 2.44. The Kier molecular flexibility index (Phi) is 2.44. The van der Waals surface area contributed by atoms with Gasteiger partial charge in [0.05, 0.1) is 5.92 Å². The molecule has 0 aliphatic carbocycles. The van der Waals surface area contributed by atoms with Crippen LogP contribution in [-0.2, 0) is 11.8 Å².